The summed E-state index contributed by atoms with van der Waals surface area (Å²) in [5, 5.41) is 18.5. The van der Waals surface area contributed by atoms with E-state index in [9.17, 15) is 23.3 Å². The van der Waals surface area contributed by atoms with Gasteiger partial charge in [-0.3, -0.25) is 15.2 Å². The first kappa shape index (κ1) is 19.5. The molecule has 0 aliphatic heterocycles. The van der Waals surface area contributed by atoms with E-state index in [4.69, 9.17) is 23.2 Å². The standard InChI is InChI=1S/C15H7Cl2F3N4O2S/c16-9-3-7(4-10(17)6-9)13-21-14(23-22-13)27-12-2-1-8(15(18,19)20)5-11(12)24(25)26/h1-6H,(H,21,22,23). The maximum absolute atomic E-state index is 12.8. The smallest absolute Gasteiger partial charge is 0.258 e. The summed E-state index contributed by atoms with van der Waals surface area (Å²) < 4.78 is 38.3. The van der Waals surface area contributed by atoms with Gasteiger partial charge in [-0.2, -0.15) is 13.2 Å². The summed E-state index contributed by atoms with van der Waals surface area (Å²) in [5.74, 6) is 0.302. The van der Waals surface area contributed by atoms with Gasteiger partial charge in [0.05, 0.1) is 15.4 Å². The Kier molecular flexibility index (Phi) is 5.31. The van der Waals surface area contributed by atoms with E-state index in [1.807, 2.05) is 0 Å². The van der Waals surface area contributed by atoms with E-state index in [1.54, 1.807) is 12.1 Å². The molecule has 0 saturated carbocycles. The lowest BCUT2D eigenvalue weighted by atomic mass is 10.2. The Balaban J connectivity index is 1.92. The van der Waals surface area contributed by atoms with Crippen molar-refractivity contribution in [1.29, 1.82) is 0 Å². The van der Waals surface area contributed by atoms with Crippen LogP contribution in [0.15, 0.2) is 46.5 Å². The molecule has 0 unspecified atom stereocenters. The summed E-state index contributed by atoms with van der Waals surface area (Å²) in [4.78, 5) is 14.4. The van der Waals surface area contributed by atoms with Gasteiger partial charge < -0.3 is 0 Å². The number of nitro groups is 1. The van der Waals surface area contributed by atoms with Crippen LogP contribution in [0.25, 0.3) is 11.4 Å². The first-order valence-corrected chi connectivity index (χ1v) is 8.63. The SMILES string of the molecule is O=[N+]([O-])c1cc(C(F)(F)F)ccc1Sc1n[nH]c(-c2cc(Cl)cc(Cl)c2)n1. The predicted molar refractivity (Wildman–Crippen MR) is 94.1 cm³/mol. The second-order valence-electron chi connectivity index (χ2n) is 5.16. The third-order valence-electron chi connectivity index (χ3n) is 3.29. The lowest BCUT2D eigenvalue weighted by Gasteiger charge is -2.07. The number of aromatic amines is 1. The van der Waals surface area contributed by atoms with Crippen molar-refractivity contribution >= 4 is 40.7 Å². The summed E-state index contributed by atoms with van der Waals surface area (Å²) in [6, 6.07) is 6.96. The molecule has 140 valence electrons. The number of nitro benzene ring substituents is 1. The molecule has 3 rings (SSSR count). The number of aromatic nitrogens is 3. The Labute approximate surface area is 163 Å². The summed E-state index contributed by atoms with van der Waals surface area (Å²) in [5.41, 5.74) is -1.26. The van der Waals surface area contributed by atoms with Crippen LogP contribution in [-0.4, -0.2) is 20.1 Å². The number of halogens is 5. The minimum absolute atomic E-state index is 0.0253. The lowest BCUT2D eigenvalue weighted by molar-refractivity contribution is -0.388. The van der Waals surface area contributed by atoms with Crippen LogP contribution in [0.5, 0.6) is 0 Å². The largest absolute Gasteiger partial charge is 0.416 e. The maximum atomic E-state index is 12.8. The van der Waals surface area contributed by atoms with Crippen molar-refractivity contribution in [3.63, 3.8) is 0 Å². The topological polar surface area (TPSA) is 84.7 Å². The van der Waals surface area contributed by atoms with Gasteiger partial charge in [0, 0.05) is 21.7 Å². The number of benzene rings is 2. The van der Waals surface area contributed by atoms with Gasteiger partial charge in [-0.25, -0.2) is 4.98 Å². The molecule has 27 heavy (non-hydrogen) atoms. The predicted octanol–water partition coefficient (Wildman–Crippen LogP) is 5.86. The molecule has 0 amide bonds. The van der Waals surface area contributed by atoms with Crippen LogP contribution in [0.2, 0.25) is 10.0 Å². The number of nitrogens with one attached hydrogen (secondary N) is 1. The highest BCUT2D eigenvalue weighted by Crippen LogP contribution is 2.38. The zero-order chi connectivity index (χ0) is 19.8. The van der Waals surface area contributed by atoms with E-state index in [-0.39, 0.29) is 10.1 Å². The van der Waals surface area contributed by atoms with Crippen LogP contribution in [-0.2, 0) is 6.18 Å². The van der Waals surface area contributed by atoms with Crippen LogP contribution >= 0.6 is 35.0 Å². The van der Waals surface area contributed by atoms with Crippen molar-refractivity contribution in [1.82, 2.24) is 15.2 Å². The monoisotopic (exact) mass is 434 g/mol. The first-order chi connectivity index (χ1) is 12.6. The molecular weight excluding hydrogens is 428 g/mol. The van der Waals surface area contributed by atoms with Crippen molar-refractivity contribution < 1.29 is 18.1 Å². The maximum Gasteiger partial charge on any atom is 0.416 e. The van der Waals surface area contributed by atoms with Crippen LogP contribution in [0, 0.1) is 10.1 Å². The third kappa shape index (κ3) is 4.52. The van der Waals surface area contributed by atoms with Crippen molar-refractivity contribution in [2.75, 3.05) is 0 Å². The van der Waals surface area contributed by atoms with Gasteiger partial charge in [-0.15, -0.1) is 5.10 Å². The van der Waals surface area contributed by atoms with Crippen molar-refractivity contribution in [3.8, 4) is 11.4 Å². The second-order valence-corrected chi connectivity index (χ2v) is 7.05. The first-order valence-electron chi connectivity index (χ1n) is 7.06. The molecule has 0 atom stereocenters. The molecular formula is C15H7Cl2F3N4O2S. The average Bonchev–Trinajstić information content (AvgIpc) is 3.01. The number of rotatable bonds is 4. The molecule has 0 saturated heterocycles. The molecule has 0 aliphatic carbocycles. The highest BCUT2D eigenvalue weighted by molar-refractivity contribution is 7.99. The van der Waals surface area contributed by atoms with Gasteiger partial charge in [-0.05, 0) is 42.1 Å². The number of hydrogen-bond donors (Lipinski definition) is 1. The van der Waals surface area contributed by atoms with Gasteiger partial charge >= 0.3 is 6.18 Å². The zero-order valence-corrected chi connectivity index (χ0v) is 15.2. The summed E-state index contributed by atoms with van der Waals surface area (Å²) in [6.07, 6.45) is -4.68. The van der Waals surface area contributed by atoms with Crippen LogP contribution in [0.1, 0.15) is 5.56 Å². The van der Waals surface area contributed by atoms with Gasteiger partial charge in [0.15, 0.2) is 5.82 Å². The average molecular weight is 435 g/mol. The Morgan fingerprint density at radius 1 is 1.11 bits per heavy atom. The van der Waals surface area contributed by atoms with Crippen LogP contribution in [0.4, 0.5) is 18.9 Å². The van der Waals surface area contributed by atoms with Gasteiger partial charge in [-0.1, -0.05) is 23.2 Å². The fourth-order valence-corrected chi connectivity index (χ4v) is 3.46. The van der Waals surface area contributed by atoms with E-state index in [0.717, 1.165) is 23.9 Å². The third-order valence-corrected chi connectivity index (χ3v) is 4.65. The number of nitrogens with zero attached hydrogens (tertiary/aromatic N) is 3. The second kappa shape index (κ2) is 7.37. The molecule has 1 aromatic heterocycles. The van der Waals surface area contributed by atoms with Crippen molar-refractivity contribution in [2.24, 2.45) is 0 Å². The van der Waals surface area contributed by atoms with E-state index in [1.165, 1.54) is 6.07 Å². The summed E-state index contributed by atoms with van der Waals surface area (Å²) in [6.45, 7) is 0. The number of H-pyrrole nitrogens is 1. The van der Waals surface area contributed by atoms with E-state index in [2.05, 4.69) is 15.2 Å². The fourth-order valence-electron chi connectivity index (χ4n) is 2.13. The van der Waals surface area contributed by atoms with E-state index in [0.29, 0.717) is 27.5 Å². The molecule has 0 spiro atoms. The number of alkyl halides is 3. The van der Waals surface area contributed by atoms with Crippen molar-refractivity contribution in [2.45, 2.75) is 16.2 Å². The zero-order valence-electron chi connectivity index (χ0n) is 12.9. The fraction of sp³-hybridized carbons (Fsp3) is 0.0667. The molecule has 0 aliphatic rings. The Morgan fingerprint density at radius 3 is 2.37 bits per heavy atom. The normalized spacial score (nSPS) is 11.6. The molecule has 0 radical (unpaired) electrons. The van der Waals surface area contributed by atoms with E-state index < -0.39 is 22.4 Å². The Bertz CT molecular complexity index is 1010. The highest BCUT2D eigenvalue weighted by atomic mass is 35.5. The molecule has 0 bridgehead atoms. The Morgan fingerprint density at radius 2 is 1.78 bits per heavy atom. The molecule has 6 nitrogen and oxygen atoms in total. The lowest BCUT2D eigenvalue weighted by Crippen LogP contribution is -2.05. The molecule has 2 aromatic carbocycles. The van der Waals surface area contributed by atoms with Gasteiger partial charge in [0.2, 0.25) is 5.16 Å². The molecule has 0 fully saturated rings. The molecule has 1 N–H and O–H groups in total. The van der Waals surface area contributed by atoms with Crippen molar-refractivity contribution in [3.05, 3.63) is 62.1 Å². The summed E-state index contributed by atoms with van der Waals surface area (Å²) >= 11 is 12.6. The van der Waals surface area contributed by atoms with Crippen LogP contribution in [0.3, 0.4) is 0 Å². The molecule has 1 heterocycles. The van der Waals surface area contributed by atoms with Gasteiger partial charge in [0.25, 0.3) is 5.69 Å². The highest BCUT2D eigenvalue weighted by Gasteiger charge is 2.33. The Hall–Kier alpha value is -2.30. The van der Waals surface area contributed by atoms with Gasteiger partial charge in [0.1, 0.15) is 0 Å². The van der Waals surface area contributed by atoms with Crippen LogP contribution < -0.4 is 0 Å². The molecule has 3 aromatic rings. The molecule has 12 heteroatoms. The quantitative estimate of drug-likeness (QED) is 0.410. The van der Waals surface area contributed by atoms with E-state index >= 15 is 0 Å². The minimum Gasteiger partial charge on any atom is -0.258 e. The summed E-state index contributed by atoms with van der Waals surface area (Å²) in [7, 11) is 0. The number of hydrogen-bond acceptors (Lipinski definition) is 5. The minimum atomic E-state index is -4.68.